The van der Waals surface area contributed by atoms with E-state index in [0.29, 0.717) is 43.9 Å². The number of carbonyl (C=O) groups excluding carboxylic acids is 2. The molecule has 26 heavy (non-hydrogen) atoms. The lowest BCUT2D eigenvalue weighted by Gasteiger charge is -2.35. The van der Waals surface area contributed by atoms with Crippen LogP contribution in [0.25, 0.3) is 0 Å². The first-order valence-electron chi connectivity index (χ1n) is 8.96. The highest BCUT2D eigenvalue weighted by Crippen LogP contribution is 2.16. The van der Waals surface area contributed by atoms with Crippen LogP contribution in [0.4, 0.5) is 0 Å². The molecule has 0 atom stereocenters. The van der Waals surface area contributed by atoms with Crippen LogP contribution in [-0.4, -0.2) is 54.4 Å². The van der Waals surface area contributed by atoms with Gasteiger partial charge in [0.2, 0.25) is 0 Å². The van der Waals surface area contributed by atoms with Gasteiger partial charge in [0, 0.05) is 37.3 Å². The Hall–Kier alpha value is -2.82. The maximum atomic E-state index is 12.6. The molecule has 0 radical (unpaired) electrons. The lowest BCUT2D eigenvalue weighted by atomic mass is 10.1. The van der Waals surface area contributed by atoms with Crippen molar-refractivity contribution in [2.75, 3.05) is 32.8 Å². The summed E-state index contributed by atoms with van der Waals surface area (Å²) in [6, 6.07) is 14.8. The van der Waals surface area contributed by atoms with E-state index < -0.39 is 0 Å². The molecule has 2 aromatic rings. The summed E-state index contributed by atoms with van der Waals surface area (Å²) in [5.41, 5.74) is 2.47. The smallest absolute Gasteiger partial charge is 0.253 e. The molecule has 0 saturated carbocycles. The maximum Gasteiger partial charge on any atom is 0.253 e. The van der Waals surface area contributed by atoms with Gasteiger partial charge in [-0.15, -0.1) is 0 Å². The Morgan fingerprint density at radius 2 is 1.23 bits per heavy atom. The zero-order chi connectivity index (χ0) is 18.5. The number of hydrogen-bond acceptors (Lipinski definition) is 3. The second-order valence-electron chi connectivity index (χ2n) is 6.41. The van der Waals surface area contributed by atoms with Gasteiger partial charge in [-0.2, -0.15) is 0 Å². The summed E-state index contributed by atoms with van der Waals surface area (Å²) in [6.07, 6.45) is 0. The minimum absolute atomic E-state index is 0.00418. The van der Waals surface area contributed by atoms with Crippen LogP contribution in [-0.2, 0) is 0 Å². The Kier molecular flexibility index (Phi) is 5.56. The number of aryl methyl sites for hydroxylation is 1. The van der Waals surface area contributed by atoms with Crippen molar-refractivity contribution in [3.8, 4) is 5.75 Å². The van der Waals surface area contributed by atoms with E-state index in [1.54, 1.807) is 17.0 Å². The Morgan fingerprint density at radius 3 is 1.65 bits per heavy atom. The van der Waals surface area contributed by atoms with E-state index in [1.807, 2.05) is 55.1 Å². The van der Waals surface area contributed by atoms with E-state index in [0.717, 1.165) is 11.3 Å². The van der Waals surface area contributed by atoms with E-state index in [9.17, 15) is 9.59 Å². The SMILES string of the molecule is CCOc1ccc(C(=O)N2CCN(C(=O)c3ccc(C)cc3)CC2)cc1. The molecule has 1 saturated heterocycles. The highest BCUT2D eigenvalue weighted by atomic mass is 16.5. The lowest BCUT2D eigenvalue weighted by Crippen LogP contribution is -2.50. The highest BCUT2D eigenvalue weighted by Gasteiger charge is 2.25. The van der Waals surface area contributed by atoms with Crippen LogP contribution in [0, 0.1) is 6.92 Å². The van der Waals surface area contributed by atoms with Gasteiger partial charge in [-0.3, -0.25) is 9.59 Å². The Morgan fingerprint density at radius 1 is 0.808 bits per heavy atom. The van der Waals surface area contributed by atoms with Gasteiger partial charge in [-0.05, 0) is 50.2 Å². The summed E-state index contributed by atoms with van der Waals surface area (Å²) in [5, 5.41) is 0. The van der Waals surface area contributed by atoms with E-state index in [4.69, 9.17) is 4.74 Å². The first-order valence-corrected chi connectivity index (χ1v) is 8.96. The van der Waals surface area contributed by atoms with Crippen molar-refractivity contribution in [3.05, 3.63) is 65.2 Å². The van der Waals surface area contributed by atoms with Crippen LogP contribution < -0.4 is 4.74 Å². The van der Waals surface area contributed by atoms with Crippen molar-refractivity contribution in [3.63, 3.8) is 0 Å². The van der Waals surface area contributed by atoms with Gasteiger partial charge in [0.1, 0.15) is 5.75 Å². The summed E-state index contributed by atoms with van der Waals surface area (Å²) >= 11 is 0. The van der Waals surface area contributed by atoms with Gasteiger partial charge < -0.3 is 14.5 Å². The molecule has 1 aliphatic heterocycles. The zero-order valence-corrected chi connectivity index (χ0v) is 15.3. The van der Waals surface area contributed by atoms with Crippen molar-refractivity contribution < 1.29 is 14.3 Å². The van der Waals surface area contributed by atoms with Gasteiger partial charge in [-0.1, -0.05) is 17.7 Å². The number of nitrogens with zero attached hydrogens (tertiary/aromatic N) is 2. The van der Waals surface area contributed by atoms with Gasteiger partial charge in [0.25, 0.3) is 11.8 Å². The molecule has 5 nitrogen and oxygen atoms in total. The zero-order valence-electron chi connectivity index (χ0n) is 15.3. The fourth-order valence-corrected chi connectivity index (χ4v) is 3.03. The van der Waals surface area contributed by atoms with Gasteiger partial charge in [-0.25, -0.2) is 0 Å². The minimum atomic E-state index is -0.00418. The topological polar surface area (TPSA) is 49.9 Å². The molecule has 2 aromatic carbocycles. The predicted molar refractivity (Wildman–Crippen MR) is 101 cm³/mol. The maximum absolute atomic E-state index is 12.6. The Bertz CT molecular complexity index is 761. The Labute approximate surface area is 154 Å². The monoisotopic (exact) mass is 352 g/mol. The molecule has 0 unspecified atom stereocenters. The van der Waals surface area contributed by atoms with Crippen molar-refractivity contribution in [2.24, 2.45) is 0 Å². The summed E-state index contributed by atoms with van der Waals surface area (Å²) in [6.45, 7) is 6.72. The van der Waals surface area contributed by atoms with Crippen LogP contribution in [0.5, 0.6) is 5.75 Å². The van der Waals surface area contributed by atoms with Crippen LogP contribution in [0.1, 0.15) is 33.2 Å². The molecule has 0 spiro atoms. The normalized spacial score (nSPS) is 14.2. The van der Waals surface area contributed by atoms with Gasteiger partial charge >= 0.3 is 0 Å². The molecular formula is C21H24N2O3. The Balaban J connectivity index is 1.58. The van der Waals surface area contributed by atoms with Crippen molar-refractivity contribution in [2.45, 2.75) is 13.8 Å². The van der Waals surface area contributed by atoms with Crippen molar-refractivity contribution in [1.29, 1.82) is 0 Å². The van der Waals surface area contributed by atoms with Gasteiger partial charge in [0.05, 0.1) is 6.61 Å². The fraction of sp³-hybridized carbons (Fsp3) is 0.333. The molecular weight excluding hydrogens is 328 g/mol. The quantitative estimate of drug-likeness (QED) is 0.850. The fourth-order valence-electron chi connectivity index (χ4n) is 3.03. The standard InChI is InChI=1S/C21H24N2O3/c1-3-26-19-10-8-18(9-11-19)21(25)23-14-12-22(13-15-23)20(24)17-6-4-16(2)5-7-17/h4-11H,3,12-15H2,1-2H3. The number of rotatable bonds is 4. The van der Waals surface area contributed by atoms with Crippen molar-refractivity contribution in [1.82, 2.24) is 9.80 Å². The summed E-state index contributed by atoms with van der Waals surface area (Å²) in [7, 11) is 0. The third-order valence-corrected chi connectivity index (χ3v) is 4.56. The van der Waals surface area contributed by atoms with Gasteiger partial charge in [0.15, 0.2) is 0 Å². The molecule has 1 fully saturated rings. The summed E-state index contributed by atoms with van der Waals surface area (Å²) < 4.78 is 5.41. The number of hydrogen-bond donors (Lipinski definition) is 0. The third kappa shape index (κ3) is 4.04. The number of benzene rings is 2. The largest absolute Gasteiger partial charge is 0.494 e. The number of piperazine rings is 1. The predicted octanol–water partition coefficient (Wildman–Crippen LogP) is 2.99. The number of ether oxygens (including phenoxy) is 1. The van der Waals surface area contributed by atoms with E-state index in [2.05, 4.69) is 0 Å². The molecule has 0 aliphatic carbocycles. The molecule has 2 amide bonds. The molecule has 0 N–H and O–H groups in total. The second-order valence-corrected chi connectivity index (χ2v) is 6.41. The molecule has 136 valence electrons. The number of carbonyl (C=O) groups is 2. The average molecular weight is 352 g/mol. The third-order valence-electron chi connectivity index (χ3n) is 4.56. The summed E-state index contributed by atoms with van der Waals surface area (Å²) in [4.78, 5) is 28.8. The van der Waals surface area contributed by atoms with Crippen LogP contribution in [0.15, 0.2) is 48.5 Å². The van der Waals surface area contributed by atoms with E-state index in [1.165, 1.54) is 0 Å². The number of amides is 2. The molecule has 0 aromatic heterocycles. The van der Waals surface area contributed by atoms with Crippen LogP contribution in [0.2, 0.25) is 0 Å². The second kappa shape index (κ2) is 8.04. The van der Waals surface area contributed by atoms with Crippen LogP contribution in [0.3, 0.4) is 0 Å². The minimum Gasteiger partial charge on any atom is -0.494 e. The molecule has 5 heteroatoms. The first kappa shape index (κ1) is 18.0. The average Bonchev–Trinajstić information content (AvgIpc) is 2.68. The molecule has 1 heterocycles. The van der Waals surface area contributed by atoms with E-state index in [-0.39, 0.29) is 11.8 Å². The lowest BCUT2D eigenvalue weighted by molar-refractivity contribution is 0.0535. The molecule has 3 rings (SSSR count). The molecule has 1 aliphatic rings. The highest BCUT2D eigenvalue weighted by molar-refractivity contribution is 5.96. The van der Waals surface area contributed by atoms with Crippen molar-refractivity contribution >= 4 is 11.8 Å². The van der Waals surface area contributed by atoms with Crippen LogP contribution >= 0.6 is 0 Å². The first-order chi connectivity index (χ1) is 12.6. The molecule has 0 bridgehead atoms. The van der Waals surface area contributed by atoms with E-state index >= 15 is 0 Å². The summed E-state index contributed by atoms with van der Waals surface area (Å²) in [5.74, 6) is 0.784.